The molecule has 114 valence electrons. The Morgan fingerprint density at radius 3 is 1.91 bits per heavy atom. The molecular weight excluding hydrogens is 276 g/mol. The largest absolute Gasteiger partial charge is 0.481 e. The van der Waals surface area contributed by atoms with Gasteiger partial charge in [0.2, 0.25) is 0 Å². The van der Waals surface area contributed by atoms with E-state index in [0.717, 1.165) is 11.1 Å². The van der Waals surface area contributed by atoms with Crippen molar-refractivity contribution < 1.29 is 14.7 Å². The van der Waals surface area contributed by atoms with Gasteiger partial charge in [0.1, 0.15) is 0 Å². The van der Waals surface area contributed by atoms with Gasteiger partial charge >= 0.3 is 5.97 Å². The standard InChI is InChI=1S/C19H20O3/c1-13(18(21)22)19(2,3)17(20)16-11-9-15(10-12-16)14-7-5-4-6-8-14/h4-13H,1-3H3,(H,21,22). The van der Waals surface area contributed by atoms with Crippen molar-refractivity contribution in [3.63, 3.8) is 0 Å². The summed E-state index contributed by atoms with van der Waals surface area (Å²) in [5.41, 5.74) is 1.71. The van der Waals surface area contributed by atoms with Crippen molar-refractivity contribution >= 4 is 11.8 Å². The maximum atomic E-state index is 12.6. The van der Waals surface area contributed by atoms with Crippen molar-refractivity contribution in [1.29, 1.82) is 0 Å². The van der Waals surface area contributed by atoms with Crippen molar-refractivity contribution in [2.24, 2.45) is 11.3 Å². The van der Waals surface area contributed by atoms with Crippen molar-refractivity contribution in [2.75, 3.05) is 0 Å². The molecule has 3 nitrogen and oxygen atoms in total. The zero-order valence-electron chi connectivity index (χ0n) is 13.0. The summed E-state index contributed by atoms with van der Waals surface area (Å²) in [6.45, 7) is 4.93. The summed E-state index contributed by atoms with van der Waals surface area (Å²) in [6, 6.07) is 17.2. The van der Waals surface area contributed by atoms with Crippen LogP contribution in [-0.4, -0.2) is 16.9 Å². The van der Waals surface area contributed by atoms with Gasteiger partial charge in [-0.25, -0.2) is 0 Å². The highest BCUT2D eigenvalue weighted by molar-refractivity contribution is 6.02. The SMILES string of the molecule is CC(C(=O)O)C(C)(C)C(=O)c1ccc(-c2ccccc2)cc1. The fourth-order valence-electron chi connectivity index (χ4n) is 2.32. The lowest BCUT2D eigenvalue weighted by atomic mass is 9.74. The average Bonchev–Trinajstić information content (AvgIpc) is 2.54. The monoisotopic (exact) mass is 296 g/mol. The van der Waals surface area contributed by atoms with Crippen LogP contribution in [0.25, 0.3) is 11.1 Å². The topological polar surface area (TPSA) is 54.4 Å². The number of carbonyl (C=O) groups excluding carboxylic acids is 1. The van der Waals surface area contributed by atoms with E-state index in [0.29, 0.717) is 5.56 Å². The molecule has 0 aliphatic carbocycles. The van der Waals surface area contributed by atoms with Gasteiger partial charge < -0.3 is 5.11 Å². The number of ketones is 1. The predicted octanol–water partition coefficient (Wildman–Crippen LogP) is 4.28. The molecule has 0 aliphatic heterocycles. The third-order valence-corrected chi connectivity index (χ3v) is 4.29. The molecule has 0 aromatic heterocycles. The minimum Gasteiger partial charge on any atom is -0.481 e. The van der Waals surface area contributed by atoms with Gasteiger partial charge in [-0.2, -0.15) is 0 Å². The Kier molecular flexibility index (Phi) is 4.45. The Morgan fingerprint density at radius 2 is 1.41 bits per heavy atom. The van der Waals surface area contributed by atoms with E-state index < -0.39 is 17.3 Å². The van der Waals surface area contributed by atoms with Gasteiger partial charge in [-0.1, -0.05) is 75.4 Å². The fraction of sp³-hybridized carbons (Fsp3) is 0.263. The van der Waals surface area contributed by atoms with Crippen molar-refractivity contribution in [3.8, 4) is 11.1 Å². The summed E-state index contributed by atoms with van der Waals surface area (Å²) >= 11 is 0. The van der Waals surface area contributed by atoms with E-state index in [1.807, 2.05) is 42.5 Å². The van der Waals surface area contributed by atoms with E-state index in [-0.39, 0.29) is 5.78 Å². The number of rotatable bonds is 5. The molecular formula is C19H20O3. The first-order valence-corrected chi connectivity index (χ1v) is 7.27. The first-order valence-electron chi connectivity index (χ1n) is 7.27. The molecule has 3 heteroatoms. The van der Waals surface area contributed by atoms with Gasteiger partial charge in [0, 0.05) is 11.0 Å². The second kappa shape index (κ2) is 6.14. The van der Waals surface area contributed by atoms with E-state index in [2.05, 4.69) is 0 Å². The Bertz CT molecular complexity index is 670. The third kappa shape index (κ3) is 3.08. The highest BCUT2D eigenvalue weighted by atomic mass is 16.4. The Labute approximate surface area is 130 Å². The van der Waals surface area contributed by atoms with Crippen LogP contribution in [0.4, 0.5) is 0 Å². The molecule has 0 aliphatic rings. The maximum Gasteiger partial charge on any atom is 0.307 e. The Balaban J connectivity index is 2.27. The van der Waals surface area contributed by atoms with Gasteiger partial charge in [-0.15, -0.1) is 0 Å². The molecule has 1 N–H and O–H groups in total. The van der Waals surface area contributed by atoms with Crippen LogP contribution in [0.1, 0.15) is 31.1 Å². The molecule has 2 rings (SSSR count). The van der Waals surface area contributed by atoms with Crippen LogP contribution in [0.5, 0.6) is 0 Å². The molecule has 1 unspecified atom stereocenters. The molecule has 22 heavy (non-hydrogen) atoms. The molecule has 0 amide bonds. The lowest BCUT2D eigenvalue weighted by molar-refractivity contribution is -0.144. The van der Waals surface area contributed by atoms with E-state index >= 15 is 0 Å². The number of carbonyl (C=O) groups is 2. The van der Waals surface area contributed by atoms with Gasteiger partial charge in [-0.05, 0) is 11.1 Å². The van der Waals surface area contributed by atoms with Gasteiger partial charge in [0.15, 0.2) is 5.78 Å². The number of hydrogen-bond donors (Lipinski definition) is 1. The second-order valence-corrected chi connectivity index (χ2v) is 6.05. The molecule has 0 radical (unpaired) electrons. The summed E-state index contributed by atoms with van der Waals surface area (Å²) in [4.78, 5) is 23.8. The average molecular weight is 296 g/mol. The highest BCUT2D eigenvalue weighted by Crippen LogP contribution is 2.32. The normalized spacial score (nSPS) is 12.7. The Hall–Kier alpha value is -2.42. The fourth-order valence-corrected chi connectivity index (χ4v) is 2.32. The van der Waals surface area contributed by atoms with Crippen molar-refractivity contribution in [2.45, 2.75) is 20.8 Å². The lowest BCUT2D eigenvalue weighted by Gasteiger charge is -2.27. The minimum atomic E-state index is -0.959. The van der Waals surface area contributed by atoms with Crippen LogP contribution >= 0.6 is 0 Å². The Morgan fingerprint density at radius 1 is 0.909 bits per heavy atom. The van der Waals surface area contributed by atoms with Gasteiger partial charge in [-0.3, -0.25) is 9.59 Å². The summed E-state index contributed by atoms with van der Waals surface area (Å²) < 4.78 is 0. The van der Waals surface area contributed by atoms with Crippen LogP contribution in [-0.2, 0) is 4.79 Å². The molecule has 2 aromatic carbocycles. The summed E-state index contributed by atoms with van der Waals surface area (Å²) in [5.74, 6) is -1.85. The molecule has 0 saturated heterocycles. The van der Waals surface area contributed by atoms with E-state index in [4.69, 9.17) is 5.11 Å². The van der Waals surface area contributed by atoms with Gasteiger partial charge in [0.05, 0.1) is 5.92 Å². The molecule has 0 spiro atoms. The highest BCUT2D eigenvalue weighted by Gasteiger charge is 2.38. The number of Topliss-reactive ketones (excluding diaryl/α,β-unsaturated/α-hetero) is 1. The molecule has 2 aromatic rings. The van der Waals surface area contributed by atoms with Crippen molar-refractivity contribution in [1.82, 2.24) is 0 Å². The molecule has 0 heterocycles. The predicted molar refractivity (Wildman–Crippen MR) is 86.8 cm³/mol. The number of carboxylic acid groups (broad SMARTS) is 1. The smallest absolute Gasteiger partial charge is 0.307 e. The van der Waals surface area contributed by atoms with Gasteiger partial charge in [0.25, 0.3) is 0 Å². The maximum absolute atomic E-state index is 12.6. The quantitative estimate of drug-likeness (QED) is 0.838. The zero-order chi connectivity index (χ0) is 16.3. The summed E-state index contributed by atoms with van der Waals surface area (Å²) in [5, 5.41) is 9.15. The minimum absolute atomic E-state index is 0.151. The van der Waals surface area contributed by atoms with E-state index in [1.54, 1.807) is 32.9 Å². The second-order valence-electron chi connectivity index (χ2n) is 6.05. The van der Waals surface area contributed by atoms with E-state index in [1.165, 1.54) is 0 Å². The lowest BCUT2D eigenvalue weighted by Crippen LogP contribution is -2.36. The van der Waals surface area contributed by atoms with Crippen LogP contribution < -0.4 is 0 Å². The molecule has 1 atom stereocenters. The van der Waals surface area contributed by atoms with Crippen LogP contribution in [0, 0.1) is 11.3 Å². The van der Waals surface area contributed by atoms with Crippen LogP contribution in [0.3, 0.4) is 0 Å². The first kappa shape index (κ1) is 16.0. The number of benzene rings is 2. The number of carboxylic acids is 1. The number of aliphatic carboxylic acids is 1. The first-order chi connectivity index (χ1) is 10.3. The molecule has 0 saturated carbocycles. The number of hydrogen-bond acceptors (Lipinski definition) is 2. The third-order valence-electron chi connectivity index (χ3n) is 4.29. The van der Waals surface area contributed by atoms with Crippen molar-refractivity contribution in [3.05, 3.63) is 60.2 Å². The van der Waals surface area contributed by atoms with E-state index in [9.17, 15) is 9.59 Å². The summed E-state index contributed by atoms with van der Waals surface area (Å²) in [7, 11) is 0. The zero-order valence-corrected chi connectivity index (χ0v) is 13.0. The van der Waals surface area contributed by atoms with Crippen LogP contribution in [0.2, 0.25) is 0 Å². The molecule has 0 bridgehead atoms. The summed E-state index contributed by atoms with van der Waals surface area (Å²) in [6.07, 6.45) is 0. The molecule has 0 fully saturated rings. The van der Waals surface area contributed by atoms with Crippen LogP contribution in [0.15, 0.2) is 54.6 Å².